The molecule has 30 heavy (non-hydrogen) atoms. The van der Waals surface area contributed by atoms with Gasteiger partial charge in [-0.15, -0.1) is 0 Å². The van der Waals surface area contributed by atoms with Gasteiger partial charge in [0.2, 0.25) is 0 Å². The van der Waals surface area contributed by atoms with Crippen molar-refractivity contribution in [3.63, 3.8) is 0 Å². The largest absolute Gasteiger partial charge is 0.493 e. The highest BCUT2D eigenvalue weighted by Crippen LogP contribution is 2.30. The first-order chi connectivity index (χ1) is 14.4. The summed E-state index contributed by atoms with van der Waals surface area (Å²) < 4.78 is 21.4. The van der Waals surface area contributed by atoms with Gasteiger partial charge in [-0.1, -0.05) is 0 Å². The molecule has 0 bridgehead atoms. The molecular formula is C22H28N3O5+. The van der Waals surface area contributed by atoms with E-state index in [0.29, 0.717) is 46.3 Å². The van der Waals surface area contributed by atoms with Gasteiger partial charge in [-0.25, -0.2) is 4.98 Å². The van der Waals surface area contributed by atoms with E-state index in [1.807, 2.05) is 19.1 Å². The molecule has 0 spiro atoms. The minimum absolute atomic E-state index is 0.203. The number of aromatic amines is 1. The van der Waals surface area contributed by atoms with Crippen LogP contribution in [0, 0.1) is 6.92 Å². The van der Waals surface area contributed by atoms with Crippen LogP contribution in [0.2, 0.25) is 0 Å². The van der Waals surface area contributed by atoms with Crippen LogP contribution in [0.3, 0.4) is 0 Å². The van der Waals surface area contributed by atoms with E-state index in [2.05, 4.69) is 17.0 Å². The fraction of sp³-hybridized carbons (Fsp3) is 0.364. The van der Waals surface area contributed by atoms with Crippen LogP contribution in [0.1, 0.15) is 17.0 Å². The minimum Gasteiger partial charge on any atom is -0.493 e. The third-order valence-corrected chi connectivity index (χ3v) is 5.06. The highest BCUT2D eigenvalue weighted by atomic mass is 16.5. The van der Waals surface area contributed by atoms with Crippen LogP contribution in [0.5, 0.6) is 23.0 Å². The summed E-state index contributed by atoms with van der Waals surface area (Å²) in [6.07, 6.45) is 0. The van der Waals surface area contributed by atoms with Crippen LogP contribution in [-0.4, -0.2) is 45.5 Å². The summed E-state index contributed by atoms with van der Waals surface area (Å²) in [4.78, 5) is 21.3. The Morgan fingerprint density at radius 3 is 2.07 bits per heavy atom. The molecule has 2 aromatic carbocycles. The SMILES string of the molecule is COc1cc(C)c(C[NH+](C)Cc2nc3cc(OC)c(OC)cc3c(=O)[nH]2)cc1OC. The maximum atomic E-state index is 12.6. The molecule has 0 aliphatic rings. The third-order valence-electron chi connectivity index (χ3n) is 5.06. The molecule has 0 saturated heterocycles. The molecule has 160 valence electrons. The third kappa shape index (κ3) is 4.33. The molecule has 0 amide bonds. The van der Waals surface area contributed by atoms with Gasteiger partial charge in [0.1, 0.15) is 13.1 Å². The molecular weight excluding hydrogens is 386 g/mol. The van der Waals surface area contributed by atoms with Crippen molar-refractivity contribution in [3.8, 4) is 23.0 Å². The van der Waals surface area contributed by atoms with Crippen molar-refractivity contribution in [3.05, 3.63) is 51.6 Å². The Morgan fingerprint density at radius 1 is 0.867 bits per heavy atom. The maximum absolute atomic E-state index is 12.6. The number of aryl methyl sites for hydroxylation is 1. The second-order valence-corrected chi connectivity index (χ2v) is 7.18. The second kappa shape index (κ2) is 9.04. The number of quaternary nitrogens is 1. The fourth-order valence-electron chi connectivity index (χ4n) is 3.48. The molecule has 0 aliphatic carbocycles. The van der Waals surface area contributed by atoms with E-state index in [1.54, 1.807) is 33.5 Å². The van der Waals surface area contributed by atoms with Gasteiger partial charge in [-0.2, -0.15) is 0 Å². The van der Waals surface area contributed by atoms with Gasteiger partial charge in [-0.05, 0) is 30.7 Å². The normalized spacial score (nSPS) is 11.9. The lowest BCUT2D eigenvalue weighted by Crippen LogP contribution is -3.06. The molecule has 8 heteroatoms. The molecule has 0 saturated carbocycles. The number of benzene rings is 2. The van der Waals surface area contributed by atoms with Crippen LogP contribution < -0.4 is 29.4 Å². The van der Waals surface area contributed by atoms with Crippen LogP contribution in [0.4, 0.5) is 0 Å². The van der Waals surface area contributed by atoms with Crippen LogP contribution in [-0.2, 0) is 13.1 Å². The molecule has 8 nitrogen and oxygen atoms in total. The van der Waals surface area contributed by atoms with Gasteiger partial charge < -0.3 is 28.8 Å². The summed E-state index contributed by atoms with van der Waals surface area (Å²) in [5, 5.41) is 0.463. The Morgan fingerprint density at radius 2 is 1.43 bits per heavy atom. The number of nitrogens with one attached hydrogen (secondary N) is 2. The number of nitrogens with zero attached hydrogens (tertiary/aromatic N) is 1. The number of H-pyrrole nitrogens is 1. The van der Waals surface area contributed by atoms with Crippen molar-refractivity contribution >= 4 is 10.9 Å². The van der Waals surface area contributed by atoms with Crippen molar-refractivity contribution in [1.82, 2.24) is 9.97 Å². The predicted molar refractivity (Wildman–Crippen MR) is 114 cm³/mol. The first-order valence-corrected chi connectivity index (χ1v) is 9.57. The lowest BCUT2D eigenvalue weighted by atomic mass is 10.1. The van der Waals surface area contributed by atoms with Crippen molar-refractivity contribution in [2.24, 2.45) is 0 Å². The molecule has 0 aliphatic heterocycles. The van der Waals surface area contributed by atoms with E-state index in [0.717, 1.165) is 22.6 Å². The summed E-state index contributed by atoms with van der Waals surface area (Å²) >= 11 is 0. The molecule has 3 rings (SSSR count). The van der Waals surface area contributed by atoms with Crippen molar-refractivity contribution in [2.45, 2.75) is 20.0 Å². The first-order valence-electron chi connectivity index (χ1n) is 9.57. The van der Waals surface area contributed by atoms with Gasteiger partial charge >= 0.3 is 0 Å². The summed E-state index contributed by atoms with van der Waals surface area (Å²) in [7, 11) is 8.39. The van der Waals surface area contributed by atoms with Crippen molar-refractivity contribution in [2.75, 3.05) is 35.5 Å². The Kier molecular flexibility index (Phi) is 6.47. The van der Waals surface area contributed by atoms with E-state index in [9.17, 15) is 4.79 Å². The fourth-order valence-corrected chi connectivity index (χ4v) is 3.48. The number of fused-ring (bicyclic) bond motifs is 1. The Balaban J connectivity index is 1.86. The Hall–Kier alpha value is -3.26. The molecule has 0 radical (unpaired) electrons. The highest BCUT2D eigenvalue weighted by molar-refractivity contribution is 5.81. The van der Waals surface area contributed by atoms with Gasteiger partial charge in [0.25, 0.3) is 5.56 Å². The summed E-state index contributed by atoms with van der Waals surface area (Å²) in [5.41, 5.74) is 2.62. The Labute approximate surface area is 175 Å². The molecule has 1 atom stereocenters. The number of ether oxygens (including phenoxy) is 4. The van der Waals surface area contributed by atoms with Crippen molar-refractivity contribution < 1.29 is 23.8 Å². The number of hydrogen-bond acceptors (Lipinski definition) is 6. The van der Waals surface area contributed by atoms with Crippen LogP contribution >= 0.6 is 0 Å². The van der Waals surface area contributed by atoms with E-state index < -0.39 is 0 Å². The van der Waals surface area contributed by atoms with E-state index in [4.69, 9.17) is 18.9 Å². The number of hydrogen-bond donors (Lipinski definition) is 2. The Bertz CT molecular complexity index is 1110. The zero-order valence-corrected chi connectivity index (χ0v) is 18.2. The molecule has 1 heterocycles. The highest BCUT2D eigenvalue weighted by Gasteiger charge is 2.15. The molecule has 1 aromatic heterocycles. The molecule has 1 unspecified atom stereocenters. The molecule has 3 aromatic rings. The average Bonchev–Trinajstić information content (AvgIpc) is 2.73. The summed E-state index contributed by atoms with van der Waals surface area (Å²) in [6.45, 7) is 3.33. The first kappa shape index (κ1) is 21.4. The van der Waals surface area contributed by atoms with E-state index in [-0.39, 0.29) is 5.56 Å². The summed E-state index contributed by atoms with van der Waals surface area (Å²) in [5.74, 6) is 3.05. The quantitative estimate of drug-likeness (QED) is 0.581. The van der Waals surface area contributed by atoms with Crippen LogP contribution in [0.15, 0.2) is 29.1 Å². The topological polar surface area (TPSA) is 87.1 Å². The van der Waals surface area contributed by atoms with Crippen LogP contribution in [0.25, 0.3) is 10.9 Å². The number of aromatic nitrogens is 2. The second-order valence-electron chi connectivity index (χ2n) is 7.18. The number of methoxy groups -OCH3 is 4. The smallest absolute Gasteiger partial charge is 0.259 e. The predicted octanol–water partition coefficient (Wildman–Crippen LogP) is 1.48. The number of rotatable bonds is 8. The van der Waals surface area contributed by atoms with Gasteiger partial charge in [-0.3, -0.25) is 4.79 Å². The standard InChI is InChI=1S/C22H27N3O5/c1-13-7-17(27-3)18(28-4)8-14(13)11-25(2)12-21-23-16-10-20(30-6)19(29-5)9-15(16)22(26)24-21/h7-10H,11-12H2,1-6H3,(H,23,24,26)/p+1. The lowest BCUT2D eigenvalue weighted by Gasteiger charge is -2.17. The van der Waals surface area contributed by atoms with Gasteiger partial charge in [0.15, 0.2) is 28.8 Å². The van der Waals surface area contributed by atoms with E-state index in [1.165, 1.54) is 7.11 Å². The molecule has 0 fully saturated rings. The van der Waals surface area contributed by atoms with E-state index >= 15 is 0 Å². The monoisotopic (exact) mass is 414 g/mol. The van der Waals surface area contributed by atoms with Crippen molar-refractivity contribution in [1.29, 1.82) is 0 Å². The summed E-state index contributed by atoms with van der Waals surface area (Å²) in [6, 6.07) is 7.33. The average molecular weight is 414 g/mol. The molecule has 2 N–H and O–H groups in total. The zero-order chi connectivity index (χ0) is 21.8. The minimum atomic E-state index is -0.203. The van der Waals surface area contributed by atoms with Gasteiger partial charge in [0, 0.05) is 11.6 Å². The lowest BCUT2D eigenvalue weighted by molar-refractivity contribution is -0.908. The van der Waals surface area contributed by atoms with Gasteiger partial charge in [0.05, 0.1) is 46.4 Å². The maximum Gasteiger partial charge on any atom is 0.259 e. The zero-order valence-electron chi connectivity index (χ0n) is 18.2.